The van der Waals surface area contributed by atoms with Crippen LogP contribution in [-0.2, 0) is 19.5 Å². The smallest absolute Gasteiger partial charge is 0.138 e. The van der Waals surface area contributed by atoms with E-state index < -0.39 is 0 Å². The van der Waals surface area contributed by atoms with Crippen LogP contribution in [0.15, 0.2) is 18.2 Å². The Morgan fingerprint density at radius 1 is 1.40 bits per heavy atom. The fourth-order valence-electron chi connectivity index (χ4n) is 2.49. The summed E-state index contributed by atoms with van der Waals surface area (Å²) in [6, 6.07) is 6.38. The Hall–Kier alpha value is -1.17. The normalized spacial score (nSPS) is 15.1. The van der Waals surface area contributed by atoms with Gasteiger partial charge in [-0.15, -0.1) is 5.10 Å². The molecule has 4 nitrogen and oxygen atoms in total. The molecule has 1 aliphatic heterocycles. The third kappa shape index (κ3) is 2.95. The minimum Gasteiger partial charge on any atom is -0.494 e. The highest BCUT2D eigenvalue weighted by molar-refractivity contribution is 7.10. The molecule has 0 fully saturated rings. The second-order valence-electron chi connectivity index (χ2n) is 4.82. The summed E-state index contributed by atoms with van der Waals surface area (Å²) in [4.78, 5) is 2.35. The first-order valence-electron chi connectivity index (χ1n) is 6.70. The first-order chi connectivity index (χ1) is 9.76. The van der Waals surface area contributed by atoms with E-state index >= 15 is 0 Å². The van der Waals surface area contributed by atoms with Gasteiger partial charge in [0.2, 0.25) is 0 Å². The first kappa shape index (κ1) is 13.8. The molecule has 0 bridgehead atoms. The van der Waals surface area contributed by atoms with Gasteiger partial charge in [0, 0.05) is 31.2 Å². The highest BCUT2D eigenvalue weighted by Gasteiger charge is 2.19. The van der Waals surface area contributed by atoms with Gasteiger partial charge in [-0.2, -0.15) is 0 Å². The topological polar surface area (TPSA) is 38.2 Å². The molecule has 0 radical (unpaired) electrons. The van der Waals surface area contributed by atoms with Crippen molar-refractivity contribution in [2.24, 2.45) is 0 Å². The van der Waals surface area contributed by atoms with Gasteiger partial charge in [0.05, 0.1) is 6.61 Å². The van der Waals surface area contributed by atoms with E-state index in [4.69, 9.17) is 16.3 Å². The van der Waals surface area contributed by atoms with Gasteiger partial charge in [0.15, 0.2) is 0 Å². The highest BCUT2D eigenvalue weighted by atomic mass is 35.5. The summed E-state index contributed by atoms with van der Waals surface area (Å²) in [6.45, 7) is 5.39. The molecule has 6 heteroatoms. The lowest BCUT2D eigenvalue weighted by atomic mass is 9.99. The Balaban J connectivity index is 1.73. The largest absolute Gasteiger partial charge is 0.494 e. The van der Waals surface area contributed by atoms with E-state index in [2.05, 4.69) is 32.7 Å². The van der Waals surface area contributed by atoms with E-state index in [-0.39, 0.29) is 0 Å². The quantitative estimate of drug-likeness (QED) is 0.869. The predicted octanol–water partition coefficient (Wildman–Crippen LogP) is 3.15. The lowest BCUT2D eigenvalue weighted by molar-refractivity contribution is 0.241. The number of hydrogen-bond acceptors (Lipinski definition) is 5. The summed E-state index contributed by atoms with van der Waals surface area (Å²) in [5.41, 5.74) is 3.62. The second kappa shape index (κ2) is 6.08. The highest BCUT2D eigenvalue weighted by Crippen LogP contribution is 2.26. The first-order valence-corrected chi connectivity index (χ1v) is 7.85. The second-order valence-corrected chi connectivity index (χ2v) is 6.17. The Morgan fingerprint density at radius 3 is 3.05 bits per heavy atom. The molecule has 1 aromatic carbocycles. The molecule has 106 valence electrons. The Labute approximate surface area is 127 Å². The van der Waals surface area contributed by atoms with E-state index in [0.717, 1.165) is 37.5 Å². The summed E-state index contributed by atoms with van der Waals surface area (Å²) in [7, 11) is 0. The Kier molecular flexibility index (Phi) is 4.19. The number of benzene rings is 1. The number of aromatic nitrogens is 2. The Morgan fingerprint density at radius 2 is 2.30 bits per heavy atom. The number of ether oxygens (including phenoxy) is 1. The lowest BCUT2D eigenvalue weighted by Crippen LogP contribution is -2.30. The number of hydrogen-bond donors (Lipinski definition) is 0. The maximum absolute atomic E-state index is 6.07. The van der Waals surface area contributed by atoms with Crippen LogP contribution in [-0.4, -0.2) is 27.6 Å². The van der Waals surface area contributed by atoms with Crippen molar-refractivity contribution in [1.82, 2.24) is 14.5 Å². The van der Waals surface area contributed by atoms with Crippen LogP contribution in [0.1, 0.15) is 23.7 Å². The van der Waals surface area contributed by atoms with E-state index in [9.17, 15) is 0 Å². The number of fused-ring (bicyclic) bond motifs is 1. The zero-order valence-electron chi connectivity index (χ0n) is 11.3. The van der Waals surface area contributed by atoms with Gasteiger partial charge in [-0.3, -0.25) is 4.90 Å². The molecular weight excluding hydrogens is 294 g/mol. The lowest BCUT2D eigenvalue weighted by Gasteiger charge is -2.28. The zero-order chi connectivity index (χ0) is 13.9. The zero-order valence-corrected chi connectivity index (χ0v) is 12.9. The van der Waals surface area contributed by atoms with Crippen LogP contribution in [0.2, 0.25) is 4.34 Å². The van der Waals surface area contributed by atoms with E-state index in [0.29, 0.717) is 10.9 Å². The molecule has 0 unspecified atom stereocenters. The monoisotopic (exact) mass is 309 g/mol. The molecule has 2 aromatic rings. The minimum absolute atomic E-state index is 0.693. The molecule has 0 saturated carbocycles. The summed E-state index contributed by atoms with van der Waals surface area (Å²) < 4.78 is 10.1. The molecule has 0 aliphatic carbocycles. The number of halogens is 1. The predicted molar refractivity (Wildman–Crippen MR) is 80.3 cm³/mol. The fourth-order valence-corrected chi connectivity index (χ4v) is 3.10. The number of nitrogens with zero attached hydrogens (tertiary/aromatic N) is 3. The van der Waals surface area contributed by atoms with Crippen molar-refractivity contribution in [2.75, 3.05) is 13.2 Å². The average Bonchev–Trinajstić information content (AvgIpc) is 2.84. The van der Waals surface area contributed by atoms with E-state index in [1.54, 1.807) is 0 Å². The number of rotatable bonds is 4. The summed E-state index contributed by atoms with van der Waals surface area (Å²) in [6.07, 6.45) is 1.05. The van der Waals surface area contributed by atoms with Crippen LogP contribution in [0.3, 0.4) is 0 Å². The van der Waals surface area contributed by atoms with Gasteiger partial charge in [-0.25, -0.2) is 0 Å². The molecule has 0 amide bonds. The van der Waals surface area contributed by atoms with Crippen LogP contribution in [0.5, 0.6) is 5.75 Å². The average molecular weight is 310 g/mol. The molecule has 0 spiro atoms. The molecule has 1 aliphatic rings. The standard InChI is InChI=1S/C14H16ClN3OS/c1-2-19-12-4-3-10-5-6-18(8-11(10)7-12)9-13-14(15)20-17-16-13/h3-4,7H,2,5-6,8-9H2,1H3. The van der Waals surface area contributed by atoms with Crippen molar-refractivity contribution in [2.45, 2.75) is 26.4 Å². The maximum atomic E-state index is 6.07. The van der Waals surface area contributed by atoms with E-state index in [1.165, 1.54) is 22.7 Å². The molecule has 0 atom stereocenters. The molecule has 0 saturated heterocycles. The van der Waals surface area contributed by atoms with Crippen LogP contribution in [0.4, 0.5) is 0 Å². The van der Waals surface area contributed by atoms with Crippen molar-refractivity contribution in [3.63, 3.8) is 0 Å². The summed E-state index contributed by atoms with van der Waals surface area (Å²) in [5, 5.41) is 4.08. The Bertz CT molecular complexity index is 602. The van der Waals surface area contributed by atoms with Gasteiger partial charge in [-0.1, -0.05) is 22.2 Å². The van der Waals surface area contributed by atoms with Crippen molar-refractivity contribution in [1.29, 1.82) is 0 Å². The van der Waals surface area contributed by atoms with Gasteiger partial charge in [0.1, 0.15) is 15.8 Å². The van der Waals surface area contributed by atoms with Gasteiger partial charge >= 0.3 is 0 Å². The molecule has 3 rings (SSSR count). The molecule has 0 N–H and O–H groups in total. The van der Waals surface area contributed by atoms with Crippen LogP contribution in [0, 0.1) is 0 Å². The van der Waals surface area contributed by atoms with Crippen molar-refractivity contribution in [3.8, 4) is 5.75 Å². The van der Waals surface area contributed by atoms with Crippen molar-refractivity contribution in [3.05, 3.63) is 39.4 Å². The third-order valence-electron chi connectivity index (χ3n) is 3.46. The van der Waals surface area contributed by atoms with Gasteiger partial charge < -0.3 is 4.74 Å². The van der Waals surface area contributed by atoms with Crippen molar-refractivity contribution < 1.29 is 4.74 Å². The molecular formula is C14H16ClN3OS. The summed E-state index contributed by atoms with van der Waals surface area (Å²) >= 11 is 7.32. The third-order valence-corrected chi connectivity index (χ3v) is 4.45. The van der Waals surface area contributed by atoms with Gasteiger partial charge in [-0.05, 0) is 36.6 Å². The van der Waals surface area contributed by atoms with Gasteiger partial charge in [0.25, 0.3) is 0 Å². The minimum atomic E-state index is 0.693. The van der Waals surface area contributed by atoms with Crippen molar-refractivity contribution >= 4 is 23.1 Å². The SMILES string of the molecule is CCOc1ccc2c(c1)CN(Cc1nnsc1Cl)CC2. The van der Waals surface area contributed by atoms with E-state index in [1.807, 2.05) is 6.92 Å². The van der Waals surface area contributed by atoms with Crippen LogP contribution < -0.4 is 4.74 Å². The fraction of sp³-hybridized carbons (Fsp3) is 0.429. The molecule has 20 heavy (non-hydrogen) atoms. The molecule has 1 aromatic heterocycles. The van der Waals surface area contributed by atoms with Crippen LogP contribution in [0.25, 0.3) is 0 Å². The summed E-state index contributed by atoms with van der Waals surface area (Å²) in [5.74, 6) is 0.946. The maximum Gasteiger partial charge on any atom is 0.138 e. The van der Waals surface area contributed by atoms with Crippen LogP contribution >= 0.6 is 23.1 Å². The molecule has 2 heterocycles.